The molecule has 1 N–H and O–H groups in total. The molecule has 0 spiro atoms. The minimum absolute atomic E-state index is 0.0134. The first-order chi connectivity index (χ1) is 14.5. The molecule has 0 aromatic carbocycles. The zero-order valence-electron chi connectivity index (χ0n) is 17.9. The maximum atomic E-state index is 12.8. The molecule has 1 atom stereocenters. The normalized spacial score (nSPS) is 18.3. The number of amides is 1. The molecule has 162 valence electrons. The Labute approximate surface area is 181 Å². The first kappa shape index (κ1) is 21.0. The molecule has 3 heterocycles. The highest BCUT2D eigenvalue weighted by Gasteiger charge is 2.32. The lowest BCUT2D eigenvalue weighted by molar-refractivity contribution is -0.147. The number of nitrogens with zero attached hydrogens (tertiary/aromatic N) is 3. The average molecular weight is 431 g/mol. The highest BCUT2D eigenvalue weighted by molar-refractivity contribution is 7.19. The number of aromatic nitrogens is 2. The van der Waals surface area contributed by atoms with E-state index >= 15 is 0 Å². The quantitative estimate of drug-likeness (QED) is 0.734. The highest BCUT2D eigenvalue weighted by atomic mass is 32.1. The first-order valence-electron chi connectivity index (χ1n) is 10.9. The van der Waals surface area contributed by atoms with Crippen LogP contribution in [0.2, 0.25) is 0 Å². The van der Waals surface area contributed by atoms with E-state index in [1.807, 2.05) is 25.2 Å². The van der Waals surface area contributed by atoms with Crippen LogP contribution in [0, 0.1) is 11.8 Å². The number of rotatable bonds is 5. The lowest BCUT2D eigenvalue weighted by Crippen LogP contribution is -2.49. The van der Waals surface area contributed by atoms with Crippen LogP contribution in [0.15, 0.2) is 6.33 Å². The van der Waals surface area contributed by atoms with Crippen LogP contribution in [0.1, 0.15) is 50.0 Å². The molecule has 2 aliphatic rings. The van der Waals surface area contributed by atoms with E-state index in [1.54, 1.807) is 6.33 Å². The van der Waals surface area contributed by atoms with Gasteiger partial charge in [-0.1, -0.05) is 13.8 Å². The van der Waals surface area contributed by atoms with Gasteiger partial charge in [-0.15, -0.1) is 11.3 Å². The summed E-state index contributed by atoms with van der Waals surface area (Å²) in [6, 6.07) is -0.598. The Morgan fingerprint density at radius 2 is 1.93 bits per heavy atom. The van der Waals surface area contributed by atoms with Gasteiger partial charge in [-0.2, -0.15) is 0 Å². The van der Waals surface area contributed by atoms with Crippen LogP contribution >= 0.6 is 11.3 Å². The van der Waals surface area contributed by atoms with Crippen molar-refractivity contribution in [3.05, 3.63) is 16.8 Å². The van der Waals surface area contributed by atoms with Crippen molar-refractivity contribution in [3.8, 4) is 0 Å². The summed E-state index contributed by atoms with van der Waals surface area (Å²) >= 11 is 1.81. The number of anilines is 1. The molecule has 2 aromatic rings. The second kappa shape index (κ2) is 8.88. The molecule has 0 radical (unpaired) electrons. The summed E-state index contributed by atoms with van der Waals surface area (Å²) in [7, 11) is 1.36. The van der Waals surface area contributed by atoms with Crippen molar-refractivity contribution >= 4 is 39.2 Å². The number of ether oxygens (including phenoxy) is 1. The highest BCUT2D eigenvalue weighted by Crippen LogP contribution is 2.40. The molecule has 7 nitrogen and oxygen atoms in total. The number of piperidine rings is 1. The van der Waals surface area contributed by atoms with E-state index in [9.17, 15) is 9.59 Å². The van der Waals surface area contributed by atoms with Crippen LogP contribution in [-0.2, 0) is 27.2 Å². The molecule has 1 amide bonds. The van der Waals surface area contributed by atoms with E-state index in [-0.39, 0.29) is 23.7 Å². The zero-order chi connectivity index (χ0) is 21.3. The molecule has 0 unspecified atom stereocenters. The number of hydrogen-bond acceptors (Lipinski definition) is 7. The molecular formula is C22H30N4O3S. The number of hydrogen-bond donors (Lipinski definition) is 1. The van der Waals surface area contributed by atoms with Crippen molar-refractivity contribution in [2.45, 2.75) is 58.4 Å². The van der Waals surface area contributed by atoms with Crippen molar-refractivity contribution in [1.29, 1.82) is 0 Å². The molecule has 0 saturated carbocycles. The summed E-state index contributed by atoms with van der Waals surface area (Å²) in [5.41, 5.74) is 1.44. The van der Waals surface area contributed by atoms with Gasteiger partial charge < -0.3 is 15.0 Å². The van der Waals surface area contributed by atoms with Crippen LogP contribution in [-0.4, -0.2) is 48.1 Å². The van der Waals surface area contributed by atoms with Crippen molar-refractivity contribution < 1.29 is 14.3 Å². The fraction of sp³-hybridized carbons (Fsp3) is 0.636. The van der Waals surface area contributed by atoms with Gasteiger partial charge in [0.25, 0.3) is 0 Å². The standard InChI is InChI=1S/C22H30N4O3S/c1-13(2)18(22(28)29-3)25-20(27)14-8-10-26(11-9-14)19-17-15-6-4-5-7-16(15)30-21(17)24-12-23-19/h12-14,18H,4-11H2,1-3H3,(H,25,27)/t18-/m0/s1. The smallest absolute Gasteiger partial charge is 0.328 e. The Morgan fingerprint density at radius 1 is 1.20 bits per heavy atom. The van der Waals surface area contributed by atoms with Crippen LogP contribution in [0.25, 0.3) is 10.2 Å². The predicted molar refractivity (Wildman–Crippen MR) is 118 cm³/mol. The van der Waals surface area contributed by atoms with Crippen molar-refractivity contribution in [2.24, 2.45) is 11.8 Å². The second-order valence-electron chi connectivity index (χ2n) is 8.60. The summed E-state index contributed by atoms with van der Waals surface area (Å²) in [6.07, 6.45) is 7.90. The van der Waals surface area contributed by atoms with Crippen LogP contribution in [0.3, 0.4) is 0 Å². The number of carbonyl (C=O) groups excluding carboxylic acids is 2. The van der Waals surface area contributed by atoms with Gasteiger partial charge in [-0.25, -0.2) is 14.8 Å². The zero-order valence-corrected chi connectivity index (χ0v) is 18.8. The Bertz CT molecular complexity index is 934. The summed E-state index contributed by atoms with van der Waals surface area (Å²) in [5, 5.41) is 4.13. The molecule has 4 rings (SSSR count). The fourth-order valence-electron chi connectivity index (χ4n) is 4.56. The average Bonchev–Trinajstić information content (AvgIpc) is 3.15. The van der Waals surface area contributed by atoms with Gasteiger partial charge in [0.05, 0.1) is 12.5 Å². The first-order valence-corrected chi connectivity index (χ1v) is 11.7. The number of carbonyl (C=O) groups is 2. The van der Waals surface area contributed by atoms with E-state index in [4.69, 9.17) is 4.74 Å². The number of fused-ring (bicyclic) bond motifs is 3. The molecule has 1 aliphatic carbocycles. The minimum Gasteiger partial charge on any atom is -0.467 e. The topological polar surface area (TPSA) is 84.4 Å². The van der Waals surface area contributed by atoms with E-state index in [1.165, 1.54) is 35.8 Å². The molecule has 1 saturated heterocycles. The van der Waals surface area contributed by atoms with Crippen molar-refractivity contribution in [2.75, 3.05) is 25.1 Å². The molecule has 1 fully saturated rings. The summed E-state index contributed by atoms with van der Waals surface area (Å²) < 4.78 is 4.84. The molecule has 30 heavy (non-hydrogen) atoms. The number of esters is 1. The van der Waals surface area contributed by atoms with Crippen LogP contribution < -0.4 is 10.2 Å². The third-order valence-electron chi connectivity index (χ3n) is 6.32. The van der Waals surface area contributed by atoms with Crippen molar-refractivity contribution in [3.63, 3.8) is 0 Å². The maximum absolute atomic E-state index is 12.8. The second-order valence-corrected chi connectivity index (χ2v) is 9.69. The lowest BCUT2D eigenvalue weighted by Gasteiger charge is -2.33. The SMILES string of the molecule is COC(=O)[C@@H](NC(=O)C1CCN(c2ncnc3sc4c(c23)CCCC4)CC1)C(C)C. The minimum atomic E-state index is -0.598. The van der Waals surface area contributed by atoms with E-state index in [0.717, 1.165) is 49.4 Å². The van der Waals surface area contributed by atoms with E-state index < -0.39 is 6.04 Å². The maximum Gasteiger partial charge on any atom is 0.328 e. The molecule has 1 aliphatic heterocycles. The van der Waals surface area contributed by atoms with Gasteiger partial charge in [0.2, 0.25) is 5.91 Å². The van der Waals surface area contributed by atoms with Crippen molar-refractivity contribution in [1.82, 2.24) is 15.3 Å². The third kappa shape index (κ3) is 4.02. The van der Waals surface area contributed by atoms with E-state index in [0.29, 0.717) is 0 Å². The Kier molecular flexibility index (Phi) is 6.22. The van der Waals surface area contributed by atoms with Crippen LogP contribution in [0.5, 0.6) is 0 Å². The van der Waals surface area contributed by atoms with Gasteiger partial charge in [0, 0.05) is 23.9 Å². The summed E-state index contributed by atoms with van der Waals surface area (Å²) in [4.78, 5) is 38.8. The Morgan fingerprint density at radius 3 is 2.63 bits per heavy atom. The summed E-state index contributed by atoms with van der Waals surface area (Å²) in [5.74, 6) is 0.468. The Balaban J connectivity index is 1.46. The van der Waals surface area contributed by atoms with E-state index in [2.05, 4.69) is 20.2 Å². The Hall–Kier alpha value is -2.22. The predicted octanol–water partition coefficient (Wildman–Crippen LogP) is 3.10. The monoisotopic (exact) mass is 430 g/mol. The van der Waals surface area contributed by atoms with Gasteiger partial charge in [-0.05, 0) is 50.0 Å². The van der Waals surface area contributed by atoms with Gasteiger partial charge >= 0.3 is 5.97 Å². The molecule has 0 bridgehead atoms. The third-order valence-corrected chi connectivity index (χ3v) is 7.52. The number of aryl methyl sites for hydroxylation is 2. The fourth-order valence-corrected chi connectivity index (χ4v) is 5.79. The summed E-state index contributed by atoms with van der Waals surface area (Å²) in [6.45, 7) is 5.37. The number of nitrogens with one attached hydrogen (secondary N) is 1. The number of thiophene rings is 1. The molecule has 8 heteroatoms. The largest absolute Gasteiger partial charge is 0.467 e. The van der Waals surface area contributed by atoms with Crippen LogP contribution in [0.4, 0.5) is 5.82 Å². The molecular weight excluding hydrogens is 400 g/mol. The molecule has 2 aromatic heterocycles. The van der Waals surface area contributed by atoms with Gasteiger partial charge in [0.1, 0.15) is 23.0 Å². The number of methoxy groups -OCH3 is 1. The lowest BCUT2D eigenvalue weighted by atomic mass is 9.93. The van der Waals surface area contributed by atoms with Gasteiger partial charge in [-0.3, -0.25) is 4.79 Å². The van der Waals surface area contributed by atoms with Gasteiger partial charge in [0.15, 0.2) is 0 Å².